The van der Waals surface area contributed by atoms with Crippen molar-refractivity contribution < 1.29 is 19.4 Å². The van der Waals surface area contributed by atoms with Crippen molar-refractivity contribution in [2.24, 2.45) is 30.7 Å². The number of nitro benzene ring substituents is 2. The second kappa shape index (κ2) is 19.5. The lowest BCUT2D eigenvalue weighted by atomic mass is 10.2. The highest BCUT2D eigenvalue weighted by Crippen LogP contribution is 2.34. The van der Waals surface area contributed by atoms with Crippen molar-refractivity contribution in [3.05, 3.63) is 128 Å². The molecule has 0 saturated heterocycles. The van der Waals surface area contributed by atoms with Crippen LogP contribution in [-0.2, 0) is 9.59 Å². The number of fused-ring (bicyclic) bond motifs is 2. The van der Waals surface area contributed by atoms with Crippen molar-refractivity contribution in [2.75, 3.05) is 0 Å². The minimum Gasteiger partial charge on any atom is -0.272 e. The molecule has 0 fully saturated rings. The molecule has 4 aromatic carbocycles. The lowest BCUT2D eigenvalue weighted by Gasteiger charge is -2.08. The molecule has 25 heteroatoms. The topological polar surface area (TPSA) is 270 Å². The van der Waals surface area contributed by atoms with Crippen LogP contribution in [0.15, 0.2) is 136 Å². The molecule has 0 aliphatic rings. The normalized spacial score (nSPS) is 13.2. The maximum Gasteiger partial charge on any atom is 0.270 e. The van der Waals surface area contributed by atoms with E-state index in [0.717, 1.165) is 55.3 Å². The minimum absolute atomic E-state index is 0.0897. The number of nitrogens with zero attached hydrogens (tertiary/aromatic N) is 12. The van der Waals surface area contributed by atoms with Gasteiger partial charge in [-0.05, 0) is 38.1 Å². The van der Waals surface area contributed by atoms with Gasteiger partial charge in [-0.25, -0.2) is 20.8 Å². The minimum atomic E-state index is -0.735. The summed E-state index contributed by atoms with van der Waals surface area (Å²) < 4.78 is 2.63. The first-order valence-corrected chi connectivity index (χ1v) is 21.7. The number of hydrazone groups is 2. The van der Waals surface area contributed by atoms with Crippen molar-refractivity contribution in [2.45, 2.75) is 33.0 Å². The molecule has 3 heterocycles. The molecule has 0 aliphatic heterocycles. The van der Waals surface area contributed by atoms with Crippen molar-refractivity contribution >= 4 is 123 Å². The fourth-order valence-corrected chi connectivity index (χ4v) is 9.76. The molecular formula is C36H26N14O6S5. The Morgan fingerprint density at radius 3 is 1.46 bits per heavy atom. The Morgan fingerprint density at radius 2 is 1.05 bits per heavy atom. The first-order chi connectivity index (χ1) is 29.5. The molecule has 0 saturated carbocycles. The highest BCUT2D eigenvalue weighted by atomic mass is 32.2. The van der Waals surface area contributed by atoms with Crippen LogP contribution in [0.2, 0.25) is 0 Å². The van der Waals surface area contributed by atoms with Gasteiger partial charge in [0.15, 0.2) is 8.68 Å². The summed E-state index contributed by atoms with van der Waals surface area (Å²) >= 11 is 5.93. The molecule has 306 valence electrons. The molecule has 3 aromatic heterocycles. The van der Waals surface area contributed by atoms with Gasteiger partial charge < -0.3 is 0 Å². The number of nitrogens with one attached hydrogen (secondary N) is 2. The van der Waals surface area contributed by atoms with Gasteiger partial charge in [0.1, 0.15) is 0 Å². The zero-order valence-electron chi connectivity index (χ0n) is 31.2. The van der Waals surface area contributed by atoms with Gasteiger partial charge in [-0.3, -0.25) is 29.8 Å². The number of benzene rings is 4. The maximum absolute atomic E-state index is 13.2. The molecule has 0 radical (unpaired) electrons. The standard InChI is InChI=1S/C36H26N14O6S5/c1-19(31(51)43-39-29(21-9-7-11-23(17-21)49(53)54)41-45-33-37-25-13-3-5-15-27(25)59-33)57-35-47-48-36(61-35)58-20(2)32(52)44-40-30(22-10-8-12-24(18-22)50(55)56)42-46-34-38-26-14-4-6-16-28(26)60-34/h3-20H,1-2H3,(H,43,51)(H,44,52). The lowest BCUT2D eigenvalue weighted by molar-refractivity contribution is -0.385. The number of rotatable bonds is 14. The van der Waals surface area contributed by atoms with Crippen LogP contribution in [0.4, 0.5) is 21.6 Å². The highest BCUT2D eigenvalue weighted by Gasteiger charge is 2.22. The second-order valence-electron chi connectivity index (χ2n) is 12.1. The Kier molecular flexibility index (Phi) is 13.5. The number of para-hydroxylation sites is 2. The van der Waals surface area contributed by atoms with Gasteiger partial charge in [0, 0.05) is 35.4 Å². The number of carbonyl (C=O) groups excluding carboxylic acids is 2. The quantitative estimate of drug-likeness (QED) is 0.0258. The Balaban J connectivity index is 0.993. The molecule has 61 heavy (non-hydrogen) atoms. The number of thioether (sulfide) groups is 2. The molecule has 0 aliphatic carbocycles. The van der Waals surface area contributed by atoms with E-state index < -0.39 is 32.2 Å². The monoisotopic (exact) mass is 910 g/mol. The SMILES string of the molecule is CC(Sc1nnc(SC(C)C(=O)NN=C(N=Nc2nc3ccccc3s2)c2cccc([N+](=O)[O-])c2)s1)C(=O)NN=C(N=Nc1nc2ccccc2s1)c1cccc([N+](=O)[O-])c1. The number of nitro groups is 2. The van der Waals surface area contributed by atoms with Gasteiger partial charge in [0.2, 0.25) is 21.9 Å². The van der Waals surface area contributed by atoms with E-state index in [0.29, 0.717) is 18.9 Å². The summed E-state index contributed by atoms with van der Waals surface area (Å²) in [5, 5.41) is 55.4. The summed E-state index contributed by atoms with van der Waals surface area (Å²) in [6.07, 6.45) is 0. The predicted molar refractivity (Wildman–Crippen MR) is 234 cm³/mol. The first kappa shape index (κ1) is 42.3. The zero-order chi connectivity index (χ0) is 42.9. The molecule has 7 aromatic rings. The molecule has 0 bridgehead atoms. The summed E-state index contributed by atoms with van der Waals surface area (Å²) in [5.74, 6) is -1.24. The Labute approximate surface area is 363 Å². The van der Waals surface area contributed by atoms with Crippen molar-refractivity contribution in [3.8, 4) is 0 Å². The third kappa shape index (κ3) is 11.1. The predicted octanol–water partition coefficient (Wildman–Crippen LogP) is 9.06. The first-order valence-electron chi connectivity index (χ1n) is 17.5. The number of non-ortho nitro benzene ring substituents is 2. The van der Waals surface area contributed by atoms with Crippen LogP contribution in [0.5, 0.6) is 0 Å². The molecule has 2 atom stereocenters. The van der Waals surface area contributed by atoms with Crippen molar-refractivity contribution in [1.29, 1.82) is 0 Å². The summed E-state index contributed by atoms with van der Waals surface area (Å²) in [4.78, 5) is 57.0. The number of aromatic nitrogens is 4. The van der Waals surface area contributed by atoms with Crippen LogP contribution in [0.3, 0.4) is 0 Å². The highest BCUT2D eigenvalue weighted by molar-refractivity contribution is 8.04. The van der Waals surface area contributed by atoms with E-state index >= 15 is 0 Å². The van der Waals surface area contributed by atoms with E-state index in [1.165, 1.54) is 59.1 Å². The Hall–Kier alpha value is -6.80. The fourth-order valence-electron chi connectivity index (χ4n) is 4.89. The summed E-state index contributed by atoms with van der Waals surface area (Å²) in [5.41, 5.74) is 6.45. The molecular weight excluding hydrogens is 885 g/mol. The number of amides is 2. The van der Waals surface area contributed by atoms with Gasteiger partial charge in [-0.2, -0.15) is 10.2 Å². The third-order valence-electron chi connectivity index (χ3n) is 7.88. The van der Waals surface area contributed by atoms with E-state index in [-0.39, 0.29) is 34.2 Å². The molecule has 2 N–H and O–H groups in total. The smallest absolute Gasteiger partial charge is 0.270 e. The lowest BCUT2D eigenvalue weighted by Crippen LogP contribution is -2.27. The fraction of sp³-hybridized carbons (Fsp3) is 0.111. The van der Waals surface area contributed by atoms with Crippen LogP contribution in [-0.4, -0.2) is 64.0 Å². The third-order valence-corrected chi connectivity index (χ3v) is 13.0. The molecule has 0 spiro atoms. The number of azo groups is 2. The van der Waals surface area contributed by atoms with Crippen molar-refractivity contribution in [3.63, 3.8) is 0 Å². The molecule has 20 nitrogen and oxygen atoms in total. The van der Waals surface area contributed by atoms with Crippen LogP contribution < -0.4 is 10.9 Å². The maximum atomic E-state index is 13.2. The van der Waals surface area contributed by atoms with E-state index in [4.69, 9.17) is 0 Å². The van der Waals surface area contributed by atoms with Gasteiger partial charge >= 0.3 is 0 Å². The van der Waals surface area contributed by atoms with Crippen LogP contribution in [0.25, 0.3) is 20.4 Å². The van der Waals surface area contributed by atoms with Crippen LogP contribution in [0, 0.1) is 20.2 Å². The average molecular weight is 911 g/mol. The summed E-state index contributed by atoms with van der Waals surface area (Å²) in [6, 6.07) is 26.1. The summed E-state index contributed by atoms with van der Waals surface area (Å²) in [7, 11) is 0. The Bertz CT molecular complexity index is 2650. The van der Waals surface area contributed by atoms with Gasteiger partial charge in [0.25, 0.3) is 23.2 Å². The van der Waals surface area contributed by atoms with Crippen LogP contribution >= 0.6 is 57.5 Å². The Morgan fingerprint density at radius 1 is 0.623 bits per heavy atom. The number of amidine groups is 2. The molecule has 2 unspecified atom stereocenters. The van der Waals surface area contributed by atoms with Gasteiger partial charge in [-0.1, -0.05) is 106 Å². The number of thiazole rings is 2. The van der Waals surface area contributed by atoms with E-state index in [9.17, 15) is 29.8 Å². The zero-order valence-corrected chi connectivity index (χ0v) is 35.3. The van der Waals surface area contributed by atoms with E-state index in [1.54, 1.807) is 26.0 Å². The largest absolute Gasteiger partial charge is 0.272 e. The number of carbonyl (C=O) groups is 2. The second-order valence-corrected chi connectivity index (χ2v) is 18.3. The van der Waals surface area contributed by atoms with E-state index in [2.05, 4.69) is 61.7 Å². The molecule has 2 amide bonds. The van der Waals surface area contributed by atoms with Gasteiger partial charge in [-0.15, -0.1) is 30.7 Å². The van der Waals surface area contributed by atoms with E-state index in [1.807, 2.05) is 48.5 Å². The average Bonchev–Trinajstić information content (AvgIpc) is 4.01. The van der Waals surface area contributed by atoms with Gasteiger partial charge in [0.05, 0.1) is 40.8 Å². The molecule has 7 rings (SSSR count). The van der Waals surface area contributed by atoms with Crippen molar-refractivity contribution in [1.82, 2.24) is 31.0 Å². The summed E-state index contributed by atoms with van der Waals surface area (Å²) in [6.45, 7) is 3.25. The number of hydrogen-bond acceptors (Lipinski definition) is 19. The van der Waals surface area contributed by atoms with Crippen LogP contribution in [0.1, 0.15) is 25.0 Å². The number of hydrogen-bond donors (Lipinski definition) is 2.